The molecule has 0 saturated carbocycles. The molecule has 0 radical (unpaired) electrons. The van der Waals surface area contributed by atoms with Gasteiger partial charge in [-0.05, 0) is 0 Å². The Labute approximate surface area is 142 Å². The van der Waals surface area contributed by atoms with Crippen molar-refractivity contribution in [3.05, 3.63) is 78.9 Å². The molecule has 0 aromatic heterocycles. The van der Waals surface area contributed by atoms with Crippen LogP contribution in [-0.4, -0.2) is 28.9 Å². The third-order valence-corrected chi connectivity index (χ3v) is 8.95. The second-order valence-corrected chi connectivity index (χ2v) is 9.53. The number of ether oxygens (including phenoxy) is 2. The maximum absolute atomic E-state index is 5.64. The van der Waals surface area contributed by atoms with Crippen molar-refractivity contribution in [3.8, 4) is 11.5 Å². The molecule has 2 nitrogen and oxygen atoms in total. The molecule has 0 aliphatic carbocycles. The van der Waals surface area contributed by atoms with Gasteiger partial charge in [-0.25, -0.2) is 0 Å². The molecule has 0 spiro atoms. The topological polar surface area (TPSA) is 18.5 Å². The number of hydrogen-bond donors (Lipinski definition) is 0. The van der Waals surface area contributed by atoms with Crippen molar-refractivity contribution in [2.75, 3.05) is 14.2 Å². The zero-order chi connectivity index (χ0) is 16.1. The Hall–Kier alpha value is -2.18. The summed E-state index contributed by atoms with van der Waals surface area (Å²) >= 11 is -1.76. The van der Waals surface area contributed by atoms with E-state index in [1.165, 1.54) is 13.1 Å². The van der Waals surface area contributed by atoms with E-state index in [1.807, 2.05) is 24.3 Å². The van der Waals surface area contributed by atoms with Crippen LogP contribution in [-0.2, 0) is 0 Å². The molecular weight excluding hydrogens is 347 g/mol. The number of benzene rings is 3. The number of methoxy groups -OCH3 is 2. The van der Waals surface area contributed by atoms with Gasteiger partial charge in [0.2, 0.25) is 0 Å². The van der Waals surface area contributed by atoms with Gasteiger partial charge < -0.3 is 0 Å². The summed E-state index contributed by atoms with van der Waals surface area (Å²) in [5.41, 5.74) is 0. The van der Waals surface area contributed by atoms with Crippen LogP contribution in [0.5, 0.6) is 11.5 Å². The maximum atomic E-state index is 5.64. The summed E-state index contributed by atoms with van der Waals surface area (Å²) in [4.78, 5) is 0. The molecular formula is C20H19AsO2. The molecule has 3 heteroatoms. The van der Waals surface area contributed by atoms with Gasteiger partial charge in [0.15, 0.2) is 0 Å². The molecule has 0 aliphatic heterocycles. The van der Waals surface area contributed by atoms with Crippen LogP contribution >= 0.6 is 0 Å². The van der Waals surface area contributed by atoms with Gasteiger partial charge in [-0.2, -0.15) is 0 Å². The average Bonchev–Trinajstić information content (AvgIpc) is 2.64. The summed E-state index contributed by atoms with van der Waals surface area (Å²) in [6.07, 6.45) is 0. The van der Waals surface area contributed by atoms with Gasteiger partial charge in [0.25, 0.3) is 0 Å². The van der Waals surface area contributed by atoms with Crippen molar-refractivity contribution in [1.29, 1.82) is 0 Å². The summed E-state index contributed by atoms with van der Waals surface area (Å²) < 4.78 is 15.2. The SMILES string of the molecule is COc1ccccc1[As](c1ccccc1)c1ccccc1OC. The first-order valence-electron chi connectivity index (χ1n) is 7.46. The van der Waals surface area contributed by atoms with Crippen LogP contribution in [0.3, 0.4) is 0 Å². The van der Waals surface area contributed by atoms with Crippen molar-refractivity contribution in [3.63, 3.8) is 0 Å². The van der Waals surface area contributed by atoms with E-state index >= 15 is 0 Å². The van der Waals surface area contributed by atoms with Crippen molar-refractivity contribution >= 4 is 27.7 Å². The Morgan fingerprint density at radius 1 is 0.565 bits per heavy atom. The average molecular weight is 366 g/mol. The second kappa shape index (κ2) is 7.39. The summed E-state index contributed by atoms with van der Waals surface area (Å²) in [7, 11) is 3.47. The Morgan fingerprint density at radius 2 is 1.00 bits per heavy atom. The van der Waals surface area contributed by atoms with Gasteiger partial charge >= 0.3 is 142 Å². The zero-order valence-corrected chi connectivity index (χ0v) is 15.1. The van der Waals surface area contributed by atoms with Crippen LogP contribution in [0.1, 0.15) is 0 Å². The Balaban J connectivity index is 2.23. The molecule has 23 heavy (non-hydrogen) atoms. The summed E-state index contributed by atoms with van der Waals surface area (Å²) in [6, 6.07) is 27.3. The molecule has 0 saturated heterocycles. The second-order valence-electron chi connectivity index (χ2n) is 5.01. The molecule has 0 heterocycles. The monoisotopic (exact) mass is 366 g/mol. The van der Waals surface area contributed by atoms with Crippen molar-refractivity contribution < 1.29 is 9.47 Å². The molecule has 3 aromatic carbocycles. The Morgan fingerprint density at radius 3 is 1.48 bits per heavy atom. The fourth-order valence-corrected chi connectivity index (χ4v) is 7.92. The van der Waals surface area contributed by atoms with Gasteiger partial charge in [-0.15, -0.1) is 0 Å². The van der Waals surface area contributed by atoms with Crippen LogP contribution < -0.4 is 22.5 Å². The summed E-state index contributed by atoms with van der Waals surface area (Å²) in [5, 5.41) is 0. The first kappa shape index (κ1) is 15.7. The van der Waals surface area contributed by atoms with Crippen LogP contribution in [0.15, 0.2) is 78.9 Å². The Kier molecular flexibility index (Phi) is 5.05. The quantitative estimate of drug-likeness (QED) is 0.645. The van der Waals surface area contributed by atoms with E-state index in [0.29, 0.717) is 0 Å². The third-order valence-electron chi connectivity index (χ3n) is 3.67. The van der Waals surface area contributed by atoms with E-state index in [2.05, 4.69) is 54.6 Å². The van der Waals surface area contributed by atoms with Gasteiger partial charge in [-0.1, -0.05) is 0 Å². The predicted octanol–water partition coefficient (Wildman–Crippen LogP) is 2.22. The van der Waals surface area contributed by atoms with E-state index in [4.69, 9.17) is 9.47 Å². The third kappa shape index (κ3) is 3.28. The van der Waals surface area contributed by atoms with Gasteiger partial charge in [0.1, 0.15) is 0 Å². The molecule has 0 amide bonds. The van der Waals surface area contributed by atoms with E-state index in [9.17, 15) is 0 Å². The van der Waals surface area contributed by atoms with E-state index < -0.39 is 14.7 Å². The van der Waals surface area contributed by atoms with E-state index in [1.54, 1.807) is 14.2 Å². The van der Waals surface area contributed by atoms with Gasteiger partial charge in [0, 0.05) is 0 Å². The number of hydrogen-bond acceptors (Lipinski definition) is 2. The first-order chi connectivity index (χ1) is 11.3. The van der Waals surface area contributed by atoms with E-state index in [0.717, 1.165) is 11.5 Å². The van der Waals surface area contributed by atoms with Crippen molar-refractivity contribution in [2.45, 2.75) is 0 Å². The van der Waals surface area contributed by atoms with Gasteiger partial charge in [0.05, 0.1) is 0 Å². The van der Waals surface area contributed by atoms with Crippen molar-refractivity contribution in [1.82, 2.24) is 0 Å². The number of rotatable bonds is 5. The zero-order valence-electron chi connectivity index (χ0n) is 13.3. The van der Waals surface area contributed by atoms with Gasteiger partial charge in [-0.3, -0.25) is 0 Å². The predicted molar refractivity (Wildman–Crippen MR) is 97.1 cm³/mol. The number of para-hydroxylation sites is 2. The molecule has 3 rings (SSSR count). The van der Waals surface area contributed by atoms with Crippen LogP contribution in [0.25, 0.3) is 0 Å². The van der Waals surface area contributed by atoms with E-state index in [-0.39, 0.29) is 0 Å². The minimum atomic E-state index is -1.76. The Bertz CT molecular complexity index is 724. The van der Waals surface area contributed by atoms with Crippen LogP contribution in [0.4, 0.5) is 0 Å². The fraction of sp³-hybridized carbons (Fsp3) is 0.100. The molecule has 0 unspecified atom stereocenters. The molecule has 0 bridgehead atoms. The molecule has 116 valence electrons. The molecule has 0 aliphatic rings. The standard InChI is InChI=1S/C20H19AsO2/c1-22-19-14-8-6-12-17(19)21(16-10-4-3-5-11-16)18-13-7-9-15-20(18)23-2/h3-15H,1-2H3. The summed E-state index contributed by atoms with van der Waals surface area (Å²) in [5.74, 6) is 1.89. The molecule has 0 fully saturated rings. The fourth-order valence-electron chi connectivity index (χ4n) is 2.61. The minimum absolute atomic E-state index is 0.947. The normalized spacial score (nSPS) is 10.6. The first-order valence-corrected chi connectivity index (χ1v) is 10.3. The van der Waals surface area contributed by atoms with Crippen LogP contribution in [0, 0.1) is 0 Å². The summed E-state index contributed by atoms with van der Waals surface area (Å²) in [6.45, 7) is 0. The van der Waals surface area contributed by atoms with Crippen LogP contribution in [0.2, 0.25) is 0 Å². The van der Waals surface area contributed by atoms with Crippen molar-refractivity contribution in [2.24, 2.45) is 0 Å². The molecule has 0 atom stereocenters. The molecule has 3 aromatic rings. The molecule has 0 N–H and O–H groups in total.